The molecule has 0 rings (SSSR count). The molecule has 0 saturated heterocycles. The maximum absolute atomic E-state index is 2.53. The van der Waals surface area contributed by atoms with Crippen molar-refractivity contribution in [2.45, 2.75) is 163 Å². The molecule has 194 valence electrons. The quantitative estimate of drug-likeness (QED) is 0.277. The molecule has 0 nitrogen and oxygen atoms in total. The second-order valence-corrected chi connectivity index (χ2v) is 18.3. The first kappa shape index (κ1) is 32.0. The van der Waals surface area contributed by atoms with Crippen molar-refractivity contribution in [1.82, 2.24) is 0 Å². The summed E-state index contributed by atoms with van der Waals surface area (Å²) in [6.07, 6.45) is 9.17. The van der Waals surface area contributed by atoms with Gasteiger partial charge in [-0.2, -0.15) is 0 Å². The van der Waals surface area contributed by atoms with Crippen molar-refractivity contribution in [3.8, 4) is 0 Å². The van der Waals surface area contributed by atoms with E-state index in [0.717, 1.165) is 5.92 Å². The average Bonchev–Trinajstić information content (AvgIpc) is 2.22. The smallest absolute Gasteiger partial charge is 0.0344 e. The minimum atomic E-state index is 0.359. The maximum Gasteiger partial charge on any atom is -0.0344 e. The molecule has 0 aromatic heterocycles. The summed E-state index contributed by atoms with van der Waals surface area (Å²) in [5.41, 5.74) is 2.70. The molecule has 0 spiro atoms. The molecule has 0 aliphatic carbocycles. The highest BCUT2D eigenvalue weighted by molar-refractivity contribution is 4.90. The van der Waals surface area contributed by atoms with Gasteiger partial charge in [0, 0.05) is 0 Å². The Morgan fingerprint density at radius 3 is 0.906 bits per heavy atom. The molecule has 0 bridgehead atoms. The Balaban J connectivity index is 5.14. The van der Waals surface area contributed by atoms with Crippen LogP contribution in [-0.2, 0) is 0 Å². The molecule has 0 heteroatoms. The van der Waals surface area contributed by atoms with E-state index in [-0.39, 0.29) is 0 Å². The SMILES string of the molecule is CC(CC(C)(C)C)CC(C)(C)CC(C)(C)CC(C)(C)CC(C)(C)CC(C)(C)CC(C)(C)C. The highest BCUT2D eigenvalue weighted by Crippen LogP contribution is 2.51. The zero-order valence-corrected chi connectivity index (χ0v) is 26.0. The van der Waals surface area contributed by atoms with Crippen LogP contribution < -0.4 is 0 Å². The van der Waals surface area contributed by atoms with Crippen LogP contribution in [0.4, 0.5) is 0 Å². The molecule has 0 N–H and O–H groups in total. The van der Waals surface area contributed by atoms with E-state index in [4.69, 9.17) is 0 Å². The number of rotatable bonds is 12. The summed E-state index contributed by atoms with van der Waals surface area (Å²) >= 11 is 0. The van der Waals surface area contributed by atoms with Gasteiger partial charge in [0.2, 0.25) is 0 Å². The van der Waals surface area contributed by atoms with Gasteiger partial charge in [-0.15, -0.1) is 0 Å². The topological polar surface area (TPSA) is 0 Å². The van der Waals surface area contributed by atoms with Gasteiger partial charge in [0.1, 0.15) is 0 Å². The van der Waals surface area contributed by atoms with Crippen molar-refractivity contribution in [3.63, 3.8) is 0 Å². The minimum absolute atomic E-state index is 0.359. The summed E-state index contributed by atoms with van der Waals surface area (Å²) in [6.45, 7) is 41.9. The summed E-state index contributed by atoms with van der Waals surface area (Å²) in [4.78, 5) is 0. The standard InChI is InChI=1S/C32H66/c1-25(18-26(2,3)4)19-28(8,9)21-30(12,13)23-32(16,17)24-31(14,15)22-29(10,11)20-27(5,6)7/h25H,18-24H2,1-17H3. The summed E-state index contributed by atoms with van der Waals surface area (Å²) in [5, 5.41) is 0. The first-order valence-electron chi connectivity index (χ1n) is 13.6. The molecule has 32 heavy (non-hydrogen) atoms. The Morgan fingerprint density at radius 1 is 0.344 bits per heavy atom. The molecule has 1 unspecified atom stereocenters. The van der Waals surface area contributed by atoms with Crippen LogP contribution in [0.5, 0.6) is 0 Å². The Morgan fingerprint density at radius 2 is 0.625 bits per heavy atom. The Hall–Kier alpha value is 0. The molecule has 0 aromatic carbocycles. The van der Waals surface area contributed by atoms with Crippen LogP contribution in [-0.4, -0.2) is 0 Å². The van der Waals surface area contributed by atoms with Gasteiger partial charge in [-0.3, -0.25) is 0 Å². The predicted molar refractivity (Wildman–Crippen MR) is 149 cm³/mol. The lowest BCUT2D eigenvalue weighted by molar-refractivity contribution is 0.0547. The van der Waals surface area contributed by atoms with Gasteiger partial charge in [-0.25, -0.2) is 0 Å². The molecule has 0 radical (unpaired) electrons. The lowest BCUT2D eigenvalue weighted by atomic mass is 9.60. The molecular weight excluding hydrogens is 384 g/mol. The van der Waals surface area contributed by atoms with Crippen molar-refractivity contribution < 1.29 is 0 Å². The van der Waals surface area contributed by atoms with E-state index in [1.165, 1.54) is 44.9 Å². The zero-order valence-electron chi connectivity index (χ0n) is 26.0. The van der Waals surface area contributed by atoms with E-state index >= 15 is 0 Å². The third-order valence-corrected chi connectivity index (χ3v) is 6.70. The average molecular weight is 451 g/mol. The summed E-state index contributed by atoms with van der Waals surface area (Å²) in [5.74, 6) is 0.790. The van der Waals surface area contributed by atoms with E-state index < -0.39 is 0 Å². The fraction of sp³-hybridized carbons (Fsp3) is 1.00. The zero-order chi connectivity index (χ0) is 26.0. The summed E-state index contributed by atoms with van der Waals surface area (Å²) in [7, 11) is 0. The molecule has 1 atom stereocenters. The van der Waals surface area contributed by atoms with E-state index in [0.29, 0.717) is 37.9 Å². The van der Waals surface area contributed by atoms with Crippen LogP contribution >= 0.6 is 0 Å². The monoisotopic (exact) mass is 451 g/mol. The highest BCUT2D eigenvalue weighted by atomic mass is 14.4. The first-order valence-corrected chi connectivity index (χ1v) is 13.6. The van der Waals surface area contributed by atoms with E-state index in [9.17, 15) is 0 Å². The lowest BCUT2D eigenvalue weighted by Crippen LogP contribution is -2.34. The van der Waals surface area contributed by atoms with Crippen LogP contribution in [0.3, 0.4) is 0 Å². The van der Waals surface area contributed by atoms with E-state index in [1.54, 1.807) is 0 Å². The molecule has 0 aromatic rings. The van der Waals surface area contributed by atoms with E-state index in [1.807, 2.05) is 0 Å². The highest BCUT2D eigenvalue weighted by Gasteiger charge is 2.39. The molecular formula is C32H66. The largest absolute Gasteiger partial charge is 0.0625 e. The lowest BCUT2D eigenvalue weighted by Gasteiger charge is -2.45. The minimum Gasteiger partial charge on any atom is -0.0625 e. The van der Waals surface area contributed by atoms with Crippen LogP contribution in [0.1, 0.15) is 163 Å². The van der Waals surface area contributed by atoms with Crippen molar-refractivity contribution >= 4 is 0 Å². The first-order chi connectivity index (χ1) is 13.6. The Kier molecular flexibility index (Phi) is 10.3. The number of hydrogen-bond acceptors (Lipinski definition) is 0. The maximum atomic E-state index is 2.53. The predicted octanol–water partition coefficient (Wildman–Crippen LogP) is 11.6. The molecule has 0 heterocycles. The van der Waals surface area contributed by atoms with Gasteiger partial charge in [-0.05, 0) is 88.8 Å². The van der Waals surface area contributed by atoms with Crippen LogP contribution in [0.2, 0.25) is 0 Å². The van der Waals surface area contributed by atoms with Crippen molar-refractivity contribution in [2.75, 3.05) is 0 Å². The van der Waals surface area contributed by atoms with Crippen molar-refractivity contribution in [2.24, 2.45) is 43.8 Å². The van der Waals surface area contributed by atoms with Crippen LogP contribution in [0, 0.1) is 43.8 Å². The molecule has 0 fully saturated rings. The Labute approximate surface area is 206 Å². The normalized spacial score (nSPS) is 16.4. The van der Waals surface area contributed by atoms with Crippen LogP contribution in [0.15, 0.2) is 0 Å². The van der Waals surface area contributed by atoms with Gasteiger partial charge in [-0.1, -0.05) is 118 Å². The molecule has 0 amide bonds. The summed E-state index contributed by atoms with van der Waals surface area (Å²) < 4.78 is 0. The molecule has 0 aliphatic rings. The van der Waals surface area contributed by atoms with Gasteiger partial charge in [0.05, 0.1) is 0 Å². The van der Waals surface area contributed by atoms with Gasteiger partial charge < -0.3 is 0 Å². The van der Waals surface area contributed by atoms with Gasteiger partial charge in [0.15, 0.2) is 0 Å². The van der Waals surface area contributed by atoms with Gasteiger partial charge >= 0.3 is 0 Å². The fourth-order valence-corrected chi connectivity index (χ4v) is 9.00. The Bertz CT molecular complexity index is 554. The fourth-order valence-electron chi connectivity index (χ4n) is 9.00. The third-order valence-electron chi connectivity index (χ3n) is 6.70. The van der Waals surface area contributed by atoms with Crippen LogP contribution in [0.25, 0.3) is 0 Å². The molecule has 0 aliphatic heterocycles. The van der Waals surface area contributed by atoms with Crippen molar-refractivity contribution in [1.29, 1.82) is 0 Å². The van der Waals surface area contributed by atoms with Gasteiger partial charge in [0.25, 0.3) is 0 Å². The summed E-state index contributed by atoms with van der Waals surface area (Å²) in [6, 6.07) is 0. The van der Waals surface area contributed by atoms with Crippen molar-refractivity contribution in [3.05, 3.63) is 0 Å². The molecule has 0 saturated carbocycles. The second kappa shape index (κ2) is 10.3. The number of hydrogen-bond donors (Lipinski definition) is 0. The van der Waals surface area contributed by atoms with E-state index in [2.05, 4.69) is 118 Å². The second-order valence-electron chi connectivity index (χ2n) is 18.3. The third kappa shape index (κ3) is 15.8.